The van der Waals surface area contributed by atoms with Crippen molar-refractivity contribution in [2.75, 3.05) is 58.3 Å². The van der Waals surface area contributed by atoms with E-state index in [4.69, 9.17) is 38.6 Å². The largest absolute Gasteiger partial charge is 0.508 e. The third kappa shape index (κ3) is 13.0. The van der Waals surface area contributed by atoms with Crippen molar-refractivity contribution in [3.8, 4) is 28.2 Å². The molecule has 3 fully saturated rings. The maximum Gasteiger partial charge on any atom is 0.410 e. The van der Waals surface area contributed by atoms with Crippen molar-refractivity contribution >= 4 is 62.0 Å². The number of hydrogen-bond acceptors (Lipinski definition) is 19. The fourth-order valence-electron chi connectivity index (χ4n) is 10.2. The summed E-state index contributed by atoms with van der Waals surface area (Å²) < 4.78 is 75.8. The first-order valence-electron chi connectivity index (χ1n) is 26.3. The van der Waals surface area contributed by atoms with Crippen LogP contribution in [0.15, 0.2) is 76.5 Å². The molecule has 4 aliphatic heterocycles. The van der Waals surface area contributed by atoms with Gasteiger partial charge in [-0.15, -0.1) is 0 Å². The number of carboxylic acid groups (broad SMARTS) is 1. The van der Waals surface area contributed by atoms with Crippen molar-refractivity contribution in [1.29, 1.82) is 0 Å². The van der Waals surface area contributed by atoms with Crippen molar-refractivity contribution in [1.82, 2.24) is 38.8 Å². The molecule has 5 atom stereocenters. The Morgan fingerprint density at radius 1 is 0.912 bits per heavy atom. The number of nitrogens with zero attached hydrogens (tertiary/aromatic N) is 6. The van der Waals surface area contributed by atoms with E-state index in [9.17, 15) is 42.6 Å². The van der Waals surface area contributed by atoms with Gasteiger partial charge in [0.1, 0.15) is 58.9 Å². The molecule has 5 aliphatic rings. The Kier molecular flexibility index (Phi) is 17.1. The number of phenols is 1. The molecule has 0 unspecified atom stereocenters. The van der Waals surface area contributed by atoms with E-state index in [1.807, 2.05) is 0 Å². The first kappa shape index (κ1) is 57.4. The third-order valence-corrected chi connectivity index (χ3v) is 15.2. The maximum atomic E-state index is 14.3. The summed E-state index contributed by atoms with van der Waals surface area (Å²) in [6, 6.07) is 11.7. The fraction of sp³-hybridized carbons (Fsp3) is 0.481. The number of fused-ring (bicyclic) bond motifs is 4. The minimum atomic E-state index is -4.54. The number of likely N-dealkylation sites (tertiary alicyclic amines) is 1. The summed E-state index contributed by atoms with van der Waals surface area (Å²) in [5, 5.41) is 23.6. The lowest BCUT2D eigenvalue weighted by atomic mass is 9.89. The maximum absolute atomic E-state index is 14.3. The lowest BCUT2D eigenvalue weighted by Crippen LogP contribution is -2.53. The van der Waals surface area contributed by atoms with Crippen LogP contribution in [0.3, 0.4) is 0 Å². The molecule has 2 aromatic heterocycles. The van der Waals surface area contributed by atoms with E-state index in [1.54, 1.807) is 45.3 Å². The molecule has 428 valence electrons. The molecule has 0 spiro atoms. The number of carbonyl (C=O) groups excluding carboxylic acids is 3. The smallest absolute Gasteiger partial charge is 0.410 e. The molecule has 2 aromatic carbocycles. The van der Waals surface area contributed by atoms with Crippen LogP contribution in [0.4, 0.5) is 10.6 Å². The highest BCUT2D eigenvalue weighted by molar-refractivity contribution is 7.87. The van der Waals surface area contributed by atoms with E-state index in [0.29, 0.717) is 66.4 Å². The highest BCUT2D eigenvalue weighted by Gasteiger charge is 2.57. The van der Waals surface area contributed by atoms with Gasteiger partial charge in [0, 0.05) is 67.0 Å². The molecule has 6 heterocycles. The summed E-state index contributed by atoms with van der Waals surface area (Å²) in [6.45, 7) is 9.81. The molecule has 3 saturated heterocycles. The van der Waals surface area contributed by atoms with Gasteiger partial charge in [-0.25, -0.2) is 29.3 Å². The van der Waals surface area contributed by atoms with Crippen LogP contribution in [0.25, 0.3) is 44.6 Å². The Hall–Kier alpha value is -7.33. The fourth-order valence-corrected chi connectivity index (χ4v) is 11.4. The van der Waals surface area contributed by atoms with E-state index in [0.717, 1.165) is 4.31 Å². The number of carboxylic acids is 1. The predicted octanol–water partition coefficient (Wildman–Crippen LogP) is 5.19. The van der Waals surface area contributed by atoms with E-state index in [1.165, 1.54) is 66.1 Å². The minimum Gasteiger partial charge on any atom is -0.508 e. The highest BCUT2D eigenvalue weighted by Crippen LogP contribution is 2.45. The summed E-state index contributed by atoms with van der Waals surface area (Å²) in [7, 11) is -4.54. The molecule has 6 N–H and O–H groups in total. The number of hydrogen-bond donors (Lipinski definition) is 5. The van der Waals surface area contributed by atoms with E-state index in [-0.39, 0.29) is 97.5 Å². The lowest BCUT2D eigenvalue weighted by Gasteiger charge is -2.30. The van der Waals surface area contributed by atoms with Gasteiger partial charge in [-0.05, 0) is 108 Å². The zero-order valence-corrected chi connectivity index (χ0v) is 45.7. The number of aromatic nitrogens is 4. The van der Waals surface area contributed by atoms with E-state index < -0.39 is 76.1 Å². The topological polar surface area (TPSA) is 329 Å². The molecule has 9 rings (SSSR count). The molecule has 80 heavy (non-hydrogen) atoms. The average Bonchev–Trinajstić information content (AvgIpc) is 4.29. The monoisotopic (exact) mass is 1130 g/mol. The Morgan fingerprint density at radius 3 is 2.45 bits per heavy atom. The van der Waals surface area contributed by atoms with E-state index in [2.05, 4.69) is 25.0 Å². The highest BCUT2D eigenvalue weighted by atomic mass is 32.2. The number of phenolic OH excluding ortho intramolecular Hbond substituents is 1. The van der Waals surface area contributed by atoms with Crippen LogP contribution in [0.2, 0.25) is 0 Å². The number of rotatable bonds is 22. The summed E-state index contributed by atoms with van der Waals surface area (Å²) in [5.74, 6) is -3.37. The number of nitrogen functional groups attached to an aromatic ring is 1. The second-order valence-corrected chi connectivity index (χ2v) is 22.8. The van der Waals surface area contributed by atoms with Crippen LogP contribution < -0.4 is 21.2 Å². The summed E-state index contributed by atoms with van der Waals surface area (Å²) in [5.41, 5.74) is 7.03. The van der Waals surface area contributed by atoms with Gasteiger partial charge in [0.15, 0.2) is 28.9 Å². The van der Waals surface area contributed by atoms with Crippen LogP contribution in [0, 0.1) is 0 Å². The molecule has 4 aromatic rings. The number of aromatic carboxylic acids is 1. The number of nitrogens with two attached hydrogens (primary N) is 1. The Labute approximate surface area is 460 Å². The zero-order chi connectivity index (χ0) is 57.1. The molecule has 3 amide bonds. The molecule has 1 aliphatic carbocycles. The van der Waals surface area contributed by atoms with Crippen LogP contribution in [-0.4, -0.2) is 160 Å². The number of carbonyl (C=O) groups is 4. The van der Waals surface area contributed by atoms with Gasteiger partial charge in [0.05, 0.1) is 31.7 Å². The van der Waals surface area contributed by atoms with Crippen molar-refractivity contribution < 1.29 is 70.6 Å². The average molecular weight is 1130 g/mol. The van der Waals surface area contributed by atoms with Gasteiger partial charge in [-0.3, -0.25) is 23.9 Å². The molecule has 0 radical (unpaired) electrons. The first-order valence-corrected chi connectivity index (χ1v) is 27.8. The number of nitrogens with one attached hydrogen (secondary N) is 2. The predicted molar refractivity (Wildman–Crippen MR) is 288 cm³/mol. The number of amides is 3. The SMILES string of the molecule is CC(C)(C)OC(=O)N1CCC[C@H]1C(=O)NS(=O)(=O)N(CCCCCCOCCOCCNC(=O)c1ccc(C(=O)O)c(-c2c3ccc(=O)cc-3oc3cc(O)ccc23)c1)C[C@H]1O[C@@H](n2cnc3c(N)ncnc32)[C@@H]2OC(C)(C)O[C@@H]21. The Bertz CT molecular complexity index is 3420. The summed E-state index contributed by atoms with van der Waals surface area (Å²) in [6.07, 6.45) is 1.99. The summed E-state index contributed by atoms with van der Waals surface area (Å²) >= 11 is 0. The number of aromatic hydroxyl groups is 1. The second-order valence-electron chi connectivity index (χ2n) is 21.1. The number of benzene rings is 3. The van der Waals surface area contributed by atoms with Crippen molar-refractivity contribution in [3.63, 3.8) is 0 Å². The second kappa shape index (κ2) is 23.8. The van der Waals surface area contributed by atoms with Gasteiger partial charge in [-0.1, -0.05) is 12.8 Å². The number of imidazole rings is 1. The van der Waals surface area contributed by atoms with Gasteiger partial charge < -0.3 is 54.1 Å². The van der Waals surface area contributed by atoms with Crippen LogP contribution in [0.5, 0.6) is 5.75 Å². The van der Waals surface area contributed by atoms with E-state index >= 15 is 0 Å². The van der Waals surface area contributed by atoms with Gasteiger partial charge in [-0.2, -0.15) is 12.7 Å². The molecule has 25 nitrogen and oxygen atoms in total. The van der Waals surface area contributed by atoms with Crippen molar-refractivity contribution in [2.45, 2.75) is 115 Å². The van der Waals surface area contributed by atoms with Crippen LogP contribution in [-0.2, 0) is 43.4 Å². The van der Waals surface area contributed by atoms with Crippen molar-refractivity contribution in [2.24, 2.45) is 0 Å². The zero-order valence-electron chi connectivity index (χ0n) is 44.9. The number of ether oxygens (including phenoxy) is 6. The quantitative estimate of drug-likeness (QED) is 0.0431. The standard InChI is InChI=1S/C54H65N9O16S/c1-53(2,3)79-52(70)62-20-10-11-38(62)49(67)60-80(71,72)61(28-41-44-45(78-54(4,5)77-44)50(76-41)63-30-59-43-46(55)57-29-58-47(43)63)19-8-6-7-9-21-73-23-24-74-22-18-56-48(66)31-12-15-34(51(68)69)37(25-31)42-35-16-13-32(64)26-39(35)75-40-27-33(65)14-17-36(40)42/h12-17,25-27,29-30,38,41,44-45,50,64H,6-11,18-24,28H2,1-5H3,(H,56,66)(H,60,67)(H,68,69)(H2,55,57,58)/t38-,41+,44+,45+,50+/m0/s1. The minimum absolute atomic E-state index is 0.00132. The molecule has 26 heteroatoms. The lowest BCUT2D eigenvalue weighted by molar-refractivity contribution is -0.196. The van der Waals surface area contributed by atoms with Crippen LogP contribution in [0.1, 0.15) is 100 Å². The third-order valence-electron chi connectivity index (χ3n) is 13.7. The Morgan fingerprint density at radius 2 is 1.68 bits per heavy atom. The number of anilines is 1. The molecular formula is C54H65N9O16S. The normalized spacial score (nSPS) is 20.0. The van der Waals surface area contributed by atoms with Crippen molar-refractivity contribution in [3.05, 3.63) is 88.6 Å². The first-order chi connectivity index (χ1) is 38.1. The Balaban J connectivity index is 0.760. The molecule has 0 bridgehead atoms. The van der Waals surface area contributed by atoms with Gasteiger partial charge >= 0.3 is 22.3 Å². The van der Waals surface area contributed by atoms with Gasteiger partial charge in [0.2, 0.25) is 0 Å². The van der Waals surface area contributed by atoms with Crippen LogP contribution >= 0.6 is 0 Å². The molecular weight excluding hydrogens is 1060 g/mol. The van der Waals surface area contributed by atoms with Gasteiger partial charge in [0.25, 0.3) is 11.8 Å². The summed E-state index contributed by atoms with van der Waals surface area (Å²) in [4.78, 5) is 78.9. The molecule has 0 saturated carbocycles. The number of unbranched alkanes of at least 4 members (excludes halogenated alkanes) is 3.